The van der Waals surface area contributed by atoms with Gasteiger partial charge in [0.05, 0.1) is 25.7 Å². The second-order valence-electron chi connectivity index (χ2n) is 1.66. The molecule has 0 aliphatic carbocycles. The Morgan fingerprint density at radius 2 is 2.44 bits per heavy atom. The number of hydrogen-bond acceptors (Lipinski definition) is 3. The lowest BCUT2D eigenvalue weighted by Crippen LogP contribution is -2.08. The fourth-order valence-corrected chi connectivity index (χ4v) is 0.352. The van der Waals surface area contributed by atoms with Crippen LogP contribution in [0.3, 0.4) is 0 Å². The molecular weight excluding hydrogens is 118 g/mol. The summed E-state index contributed by atoms with van der Waals surface area (Å²) in [6.45, 7) is 1.96. The predicted octanol–water partition coefficient (Wildman–Crippen LogP) is 1.07. The van der Waals surface area contributed by atoms with E-state index in [0.717, 1.165) is 0 Å². The molecule has 0 saturated carbocycles. The Morgan fingerprint density at radius 1 is 1.78 bits per heavy atom. The van der Waals surface area contributed by atoms with Gasteiger partial charge in [-0.15, -0.1) is 0 Å². The minimum atomic E-state index is -0.0586. The molecule has 1 radical (unpaired) electrons. The van der Waals surface area contributed by atoms with Crippen molar-refractivity contribution in [1.29, 1.82) is 5.26 Å². The summed E-state index contributed by atoms with van der Waals surface area (Å²) in [6.07, 6.45) is 0.334. The molecule has 0 rings (SSSR count). The maximum Gasteiger partial charge on any atom is 0.147 e. The van der Waals surface area contributed by atoms with Crippen LogP contribution in [0.25, 0.3) is 0 Å². The van der Waals surface area contributed by atoms with Crippen LogP contribution in [0.2, 0.25) is 0 Å². The van der Waals surface area contributed by atoms with Crippen LogP contribution in [-0.2, 0) is 9.47 Å². The van der Waals surface area contributed by atoms with Gasteiger partial charge >= 0.3 is 0 Å². The Hall–Kier alpha value is -0.590. The lowest BCUT2D eigenvalue weighted by molar-refractivity contribution is -0.0500. The third-order valence-electron chi connectivity index (χ3n) is 0.815. The van der Waals surface area contributed by atoms with E-state index in [9.17, 15) is 0 Å². The molecule has 0 aromatic rings. The van der Waals surface area contributed by atoms with Gasteiger partial charge in [0, 0.05) is 0 Å². The van der Waals surface area contributed by atoms with Crippen molar-refractivity contribution in [1.82, 2.24) is 0 Å². The molecule has 0 N–H and O–H groups in total. The maximum atomic E-state index is 8.15. The van der Waals surface area contributed by atoms with Gasteiger partial charge in [0.2, 0.25) is 0 Å². The average molecular weight is 128 g/mol. The van der Waals surface area contributed by atoms with Crippen molar-refractivity contribution in [2.75, 3.05) is 6.79 Å². The Labute approximate surface area is 55.2 Å². The zero-order valence-electron chi connectivity index (χ0n) is 5.46. The van der Waals surface area contributed by atoms with Crippen molar-refractivity contribution in [2.45, 2.75) is 19.4 Å². The molecule has 51 valence electrons. The molecule has 3 nitrogen and oxygen atoms in total. The lowest BCUT2D eigenvalue weighted by Gasteiger charge is -2.06. The number of ether oxygens (including phenoxy) is 2. The van der Waals surface area contributed by atoms with E-state index in [1.807, 2.05) is 13.0 Å². The Morgan fingerprint density at radius 3 is 2.89 bits per heavy atom. The summed E-state index contributed by atoms with van der Waals surface area (Å²) < 4.78 is 9.30. The molecule has 0 fully saturated rings. The van der Waals surface area contributed by atoms with E-state index < -0.39 is 0 Å². The second-order valence-corrected chi connectivity index (χ2v) is 1.66. The highest BCUT2D eigenvalue weighted by Gasteiger charge is 1.97. The largest absolute Gasteiger partial charge is 0.353 e. The van der Waals surface area contributed by atoms with Crippen molar-refractivity contribution in [3.63, 3.8) is 0 Å². The zero-order valence-corrected chi connectivity index (χ0v) is 5.46. The molecule has 0 spiro atoms. The number of rotatable bonds is 4. The first kappa shape index (κ1) is 8.41. The maximum absolute atomic E-state index is 8.15. The number of nitrogens with zero attached hydrogens (tertiary/aromatic N) is 1. The normalized spacial score (nSPS) is 12.6. The van der Waals surface area contributed by atoms with E-state index in [4.69, 9.17) is 10.00 Å². The molecule has 0 aromatic carbocycles. The van der Waals surface area contributed by atoms with Gasteiger partial charge in [0.25, 0.3) is 0 Å². The third-order valence-corrected chi connectivity index (χ3v) is 0.815. The van der Waals surface area contributed by atoms with E-state index in [-0.39, 0.29) is 12.9 Å². The van der Waals surface area contributed by atoms with E-state index in [2.05, 4.69) is 11.8 Å². The third kappa shape index (κ3) is 5.28. The van der Waals surface area contributed by atoms with Gasteiger partial charge in [-0.1, -0.05) is 0 Å². The van der Waals surface area contributed by atoms with E-state index >= 15 is 0 Å². The monoisotopic (exact) mass is 128 g/mol. The van der Waals surface area contributed by atoms with Crippen LogP contribution >= 0.6 is 0 Å². The summed E-state index contributed by atoms with van der Waals surface area (Å²) >= 11 is 0. The minimum absolute atomic E-state index is 0.0586. The fourth-order valence-electron chi connectivity index (χ4n) is 0.352. The van der Waals surface area contributed by atoms with Crippen LogP contribution in [0.4, 0.5) is 0 Å². The summed E-state index contributed by atoms with van der Waals surface area (Å²) in [5, 5.41) is 8.15. The molecule has 0 heterocycles. The predicted molar refractivity (Wildman–Crippen MR) is 32.1 cm³/mol. The van der Waals surface area contributed by atoms with Crippen LogP contribution in [0.1, 0.15) is 13.3 Å². The van der Waals surface area contributed by atoms with Gasteiger partial charge in [-0.05, 0) is 6.92 Å². The first-order chi connectivity index (χ1) is 4.31. The fraction of sp³-hybridized carbons (Fsp3) is 0.667. The van der Waals surface area contributed by atoms with Crippen molar-refractivity contribution >= 4 is 0 Å². The highest BCUT2D eigenvalue weighted by atomic mass is 16.7. The summed E-state index contributed by atoms with van der Waals surface area (Å²) in [5.41, 5.74) is 0. The molecule has 1 atom stereocenters. The Bertz CT molecular complexity index is 97.7. The standard InChI is InChI=1S/C6H10NO2/c1-6(3-4-7)9-5-8-2/h6H,2-3,5H2,1H3. The van der Waals surface area contributed by atoms with E-state index in [0.29, 0.717) is 6.42 Å². The zero-order chi connectivity index (χ0) is 7.11. The molecule has 0 bridgehead atoms. The van der Waals surface area contributed by atoms with Gasteiger partial charge in [-0.25, -0.2) is 0 Å². The second kappa shape index (κ2) is 5.54. The lowest BCUT2D eigenvalue weighted by atomic mass is 10.3. The van der Waals surface area contributed by atoms with Crippen LogP contribution < -0.4 is 0 Å². The molecule has 0 saturated heterocycles. The molecule has 1 unspecified atom stereocenters. The quantitative estimate of drug-likeness (QED) is 0.532. The van der Waals surface area contributed by atoms with Crippen LogP contribution in [0.15, 0.2) is 0 Å². The number of nitriles is 1. The summed E-state index contributed by atoms with van der Waals surface area (Å²) in [6, 6.07) is 1.98. The SMILES string of the molecule is [CH2]OCOC(C)CC#N. The smallest absolute Gasteiger partial charge is 0.147 e. The summed E-state index contributed by atoms with van der Waals surface area (Å²) in [7, 11) is 3.11. The molecule has 9 heavy (non-hydrogen) atoms. The minimum Gasteiger partial charge on any atom is -0.353 e. The topological polar surface area (TPSA) is 42.2 Å². The van der Waals surface area contributed by atoms with Gasteiger partial charge in [-0.2, -0.15) is 5.26 Å². The van der Waals surface area contributed by atoms with Crippen molar-refractivity contribution in [3.8, 4) is 6.07 Å². The first-order valence-corrected chi connectivity index (χ1v) is 2.66. The molecule has 0 aliphatic heterocycles. The molecule has 0 aromatic heterocycles. The average Bonchev–Trinajstić information content (AvgIpc) is 1.85. The summed E-state index contributed by atoms with van der Waals surface area (Å²) in [4.78, 5) is 0. The molecular formula is C6H10NO2. The van der Waals surface area contributed by atoms with E-state index in [1.54, 1.807) is 0 Å². The van der Waals surface area contributed by atoms with Crippen molar-refractivity contribution in [2.24, 2.45) is 0 Å². The van der Waals surface area contributed by atoms with Gasteiger partial charge < -0.3 is 9.47 Å². The summed E-state index contributed by atoms with van der Waals surface area (Å²) in [5.74, 6) is 0. The highest BCUT2D eigenvalue weighted by Crippen LogP contribution is 1.94. The van der Waals surface area contributed by atoms with Gasteiger partial charge in [-0.3, -0.25) is 0 Å². The highest BCUT2D eigenvalue weighted by molar-refractivity contribution is 4.72. The Balaban J connectivity index is 3.08. The van der Waals surface area contributed by atoms with Crippen molar-refractivity contribution in [3.05, 3.63) is 7.11 Å². The first-order valence-electron chi connectivity index (χ1n) is 2.66. The molecule has 3 heteroatoms. The van der Waals surface area contributed by atoms with Gasteiger partial charge in [0.15, 0.2) is 0 Å². The van der Waals surface area contributed by atoms with Crippen LogP contribution in [-0.4, -0.2) is 12.9 Å². The van der Waals surface area contributed by atoms with Crippen LogP contribution in [0, 0.1) is 18.4 Å². The van der Waals surface area contributed by atoms with E-state index in [1.165, 1.54) is 0 Å². The molecule has 0 aliphatic rings. The molecule has 0 amide bonds. The Kier molecular flexibility index (Phi) is 5.18. The van der Waals surface area contributed by atoms with Gasteiger partial charge in [0.1, 0.15) is 6.79 Å². The van der Waals surface area contributed by atoms with Crippen LogP contribution in [0.5, 0.6) is 0 Å². The van der Waals surface area contributed by atoms with Crippen molar-refractivity contribution < 1.29 is 9.47 Å². The number of hydrogen-bond donors (Lipinski definition) is 0.